The average molecular weight is 334 g/mol. The lowest BCUT2D eigenvalue weighted by Crippen LogP contribution is -2.38. The molecule has 0 unspecified atom stereocenters. The molecule has 1 aromatic rings. The maximum Gasteiger partial charge on any atom is 0.264 e. The lowest BCUT2D eigenvalue weighted by atomic mass is 9.98. The van der Waals surface area contributed by atoms with Crippen LogP contribution in [0.4, 0.5) is 4.39 Å². The monoisotopic (exact) mass is 333 g/mol. The van der Waals surface area contributed by atoms with Gasteiger partial charge in [0.05, 0.1) is 0 Å². The molecular formula is C14H17ClFNO3S. The largest absolute Gasteiger partial charge is 0.339 e. The number of nitrogens with zero attached hydrogens (tertiary/aromatic N) is 1. The summed E-state index contributed by atoms with van der Waals surface area (Å²) < 4.78 is 36.6. The van der Waals surface area contributed by atoms with Gasteiger partial charge in [-0.3, -0.25) is 4.79 Å². The minimum atomic E-state index is -4.23. The summed E-state index contributed by atoms with van der Waals surface area (Å²) in [5.41, 5.74) is 0.244. The number of piperidine rings is 1. The molecule has 0 spiro atoms. The Morgan fingerprint density at radius 3 is 2.43 bits per heavy atom. The standard InChI is InChI=1S/C14H17ClFNO3S/c1-9-3-5-17(6-4-9)14(18)11-7-10(2)13(16)12(8-11)21(15,19)20/h7-9H,3-6H2,1-2H3. The number of hydrogen-bond acceptors (Lipinski definition) is 3. The average Bonchev–Trinajstić information content (AvgIpc) is 2.40. The Hall–Kier alpha value is -1.14. The molecule has 116 valence electrons. The minimum absolute atomic E-state index is 0.0884. The number of hydrogen-bond donors (Lipinski definition) is 0. The predicted molar refractivity (Wildman–Crippen MR) is 78.5 cm³/mol. The Bertz CT molecular complexity index is 667. The lowest BCUT2D eigenvalue weighted by Gasteiger charge is -2.30. The molecule has 0 saturated carbocycles. The number of benzene rings is 1. The summed E-state index contributed by atoms with van der Waals surface area (Å²) in [7, 11) is 1.000. The van der Waals surface area contributed by atoms with Gasteiger partial charge >= 0.3 is 0 Å². The van der Waals surface area contributed by atoms with Crippen LogP contribution < -0.4 is 0 Å². The fourth-order valence-electron chi connectivity index (χ4n) is 2.43. The number of halogens is 2. The van der Waals surface area contributed by atoms with Crippen LogP contribution in [-0.2, 0) is 9.05 Å². The van der Waals surface area contributed by atoms with Crippen LogP contribution in [0.2, 0.25) is 0 Å². The van der Waals surface area contributed by atoms with Gasteiger partial charge in [0.25, 0.3) is 15.0 Å². The van der Waals surface area contributed by atoms with Crippen molar-refractivity contribution in [2.24, 2.45) is 5.92 Å². The van der Waals surface area contributed by atoms with E-state index in [4.69, 9.17) is 10.7 Å². The molecule has 0 radical (unpaired) electrons. The summed E-state index contributed by atoms with van der Waals surface area (Å²) in [6.45, 7) is 4.79. The molecule has 0 atom stereocenters. The van der Waals surface area contributed by atoms with Gasteiger partial charge < -0.3 is 4.90 Å². The first-order valence-corrected chi connectivity index (χ1v) is 9.05. The Balaban J connectivity index is 2.36. The number of likely N-dealkylation sites (tertiary alicyclic amines) is 1. The third kappa shape index (κ3) is 3.55. The van der Waals surface area contributed by atoms with Crippen LogP contribution in [0, 0.1) is 18.7 Å². The van der Waals surface area contributed by atoms with Gasteiger partial charge in [-0.1, -0.05) is 6.92 Å². The molecule has 2 rings (SSSR count). The van der Waals surface area contributed by atoms with Gasteiger partial charge in [-0.15, -0.1) is 0 Å². The molecule has 1 fully saturated rings. The Morgan fingerprint density at radius 2 is 1.90 bits per heavy atom. The van der Waals surface area contributed by atoms with Crippen LogP contribution in [-0.4, -0.2) is 32.3 Å². The number of carbonyl (C=O) groups excluding carboxylic acids is 1. The Labute approximate surface area is 128 Å². The van der Waals surface area contributed by atoms with Crippen molar-refractivity contribution < 1.29 is 17.6 Å². The van der Waals surface area contributed by atoms with Crippen LogP contribution in [0.1, 0.15) is 35.7 Å². The molecule has 21 heavy (non-hydrogen) atoms. The smallest absolute Gasteiger partial charge is 0.264 e. The van der Waals surface area contributed by atoms with E-state index in [1.165, 1.54) is 13.0 Å². The molecule has 1 aromatic carbocycles. The zero-order valence-corrected chi connectivity index (χ0v) is 13.5. The van der Waals surface area contributed by atoms with E-state index >= 15 is 0 Å². The van der Waals surface area contributed by atoms with Crippen LogP contribution in [0.5, 0.6) is 0 Å². The molecule has 1 amide bonds. The van der Waals surface area contributed by atoms with Crippen LogP contribution in [0.3, 0.4) is 0 Å². The van der Waals surface area contributed by atoms with Crippen molar-refractivity contribution in [2.45, 2.75) is 31.6 Å². The third-order valence-electron chi connectivity index (χ3n) is 3.80. The fourth-order valence-corrected chi connectivity index (χ4v) is 3.41. The van der Waals surface area contributed by atoms with Gasteiger partial charge in [-0.25, -0.2) is 12.8 Å². The van der Waals surface area contributed by atoms with Crippen molar-refractivity contribution in [1.29, 1.82) is 0 Å². The van der Waals surface area contributed by atoms with Crippen molar-refractivity contribution in [3.63, 3.8) is 0 Å². The van der Waals surface area contributed by atoms with E-state index in [1.54, 1.807) is 4.90 Å². The quantitative estimate of drug-likeness (QED) is 0.782. The molecule has 4 nitrogen and oxygen atoms in total. The van der Waals surface area contributed by atoms with E-state index in [0.717, 1.165) is 18.9 Å². The van der Waals surface area contributed by atoms with E-state index in [2.05, 4.69) is 6.92 Å². The van der Waals surface area contributed by atoms with Crippen molar-refractivity contribution in [1.82, 2.24) is 4.90 Å². The fraction of sp³-hybridized carbons (Fsp3) is 0.500. The van der Waals surface area contributed by atoms with E-state index < -0.39 is 19.8 Å². The van der Waals surface area contributed by atoms with Gasteiger partial charge in [0.2, 0.25) is 0 Å². The second kappa shape index (κ2) is 5.93. The van der Waals surface area contributed by atoms with Gasteiger partial charge in [0.15, 0.2) is 0 Å². The predicted octanol–water partition coefficient (Wildman–Crippen LogP) is 2.93. The van der Waals surface area contributed by atoms with Crippen molar-refractivity contribution in [3.8, 4) is 0 Å². The molecule has 1 saturated heterocycles. The highest BCUT2D eigenvalue weighted by atomic mass is 35.7. The SMILES string of the molecule is Cc1cc(C(=O)N2CCC(C)CC2)cc(S(=O)(=O)Cl)c1F. The molecule has 7 heteroatoms. The van der Waals surface area contributed by atoms with Crippen molar-refractivity contribution >= 4 is 25.6 Å². The van der Waals surface area contributed by atoms with Crippen LogP contribution in [0.15, 0.2) is 17.0 Å². The summed E-state index contributed by atoms with van der Waals surface area (Å²) >= 11 is 0. The van der Waals surface area contributed by atoms with Gasteiger partial charge in [-0.2, -0.15) is 0 Å². The molecule has 0 N–H and O–H groups in total. The summed E-state index contributed by atoms with van der Waals surface area (Å²) in [4.78, 5) is 13.4. The highest BCUT2D eigenvalue weighted by molar-refractivity contribution is 8.13. The molecule has 0 aliphatic carbocycles. The number of carbonyl (C=O) groups is 1. The van der Waals surface area contributed by atoms with E-state index in [0.29, 0.717) is 19.0 Å². The first kappa shape index (κ1) is 16.2. The first-order chi connectivity index (χ1) is 9.70. The molecule has 1 aliphatic heterocycles. The second-order valence-corrected chi connectivity index (χ2v) is 8.05. The lowest BCUT2D eigenvalue weighted by molar-refractivity contribution is 0.0697. The maximum atomic E-state index is 13.8. The molecule has 1 heterocycles. The maximum absolute atomic E-state index is 13.8. The van der Waals surface area contributed by atoms with Gasteiger partial charge in [0, 0.05) is 29.3 Å². The number of aryl methyl sites for hydroxylation is 1. The summed E-state index contributed by atoms with van der Waals surface area (Å²) in [6.07, 6.45) is 1.82. The first-order valence-electron chi connectivity index (χ1n) is 6.74. The van der Waals surface area contributed by atoms with Crippen LogP contribution >= 0.6 is 10.7 Å². The zero-order chi connectivity index (χ0) is 15.8. The van der Waals surface area contributed by atoms with Gasteiger partial charge in [-0.05, 0) is 43.4 Å². The summed E-state index contributed by atoms with van der Waals surface area (Å²) in [5, 5.41) is 0. The molecular weight excluding hydrogens is 317 g/mol. The third-order valence-corrected chi connectivity index (χ3v) is 5.12. The highest BCUT2D eigenvalue weighted by Gasteiger charge is 2.25. The molecule has 0 aromatic heterocycles. The van der Waals surface area contributed by atoms with E-state index in [1.807, 2.05) is 0 Å². The number of amides is 1. The highest BCUT2D eigenvalue weighted by Crippen LogP contribution is 2.25. The molecule has 1 aliphatic rings. The Kier molecular flexibility index (Phi) is 4.58. The zero-order valence-electron chi connectivity index (χ0n) is 11.9. The number of rotatable bonds is 2. The second-order valence-electron chi connectivity index (χ2n) is 5.52. The summed E-state index contributed by atoms with van der Waals surface area (Å²) in [5.74, 6) is -0.622. The minimum Gasteiger partial charge on any atom is -0.339 e. The van der Waals surface area contributed by atoms with Crippen molar-refractivity contribution in [2.75, 3.05) is 13.1 Å². The van der Waals surface area contributed by atoms with Gasteiger partial charge in [0.1, 0.15) is 10.7 Å². The van der Waals surface area contributed by atoms with Crippen LogP contribution in [0.25, 0.3) is 0 Å². The normalized spacial score (nSPS) is 17.0. The van der Waals surface area contributed by atoms with E-state index in [9.17, 15) is 17.6 Å². The Morgan fingerprint density at radius 1 is 1.33 bits per heavy atom. The van der Waals surface area contributed by atoms with Crippen molar-refractivity contribution in [3.05, 3.63) is 29.1 Å². The topological polar surface area (TPSA) is 54.5 Å². The molecule has 0 bridgehead atoms. The summed E-state index contributed by atoms with van der Waals surface area (Å²) in [6, 6.07) is 2.38. The van der Waals surface area contributed by atoms with E-state index in [-0.39, 0.29) is 17.0 Å².